The predicted octanol–water partition coefficient (Wildman–Crippen LogP) is 6.62. The maximum absolute atomic E-state index is 13.3. The molecule has 0 radical (unpaired) electrons. The van der Waals surface area contributed by atoms with Gasteiger partial charge in [-0.05, 0) is 38.0 Å². The first kappa shape index (κ1) is 24.9. The Bertz CT molecular complexity index is 1460. The van der Waals surface area contributed by atoms with Gasteiger partial charge in [-0.15, -0.1) is 0 Å². The van der Waals surface area contributed by atoms with Crippen molar-refractivity contribution in [3.63, 3.8) is 0 Å². The average molecular weight is 509 g/mol. The quantitative estimate of drug-likeness (QED) is 0.292. The van der Waals surface area contributed by atoms with Crippen LogP contribution in [0.5, 0.6) is 5.75 Å². The Balaban J connectivity index is 1.75. The molecule has 0 fully saturated rings. The molecule has 0 N–H and O–H groups in total. The highest BCUT2D eigenvalue weighted by Crippen LogP contribution is 2.30. The highest BCUT2D eigenvalue weighted by atomic mass is 35.5. The molecule has 3 aromatic heterocycles. The third-order valence-electron chi connectivity index (χ3n) is 5.60. The molecule has 8 heteroatoms. The summed E-state index contributed by atoms with van der Waals surface area (Å²) in [4.78, 5) is 26.9. The lowest BCUT2D eigenvalue weighted by Gasteiger charge is -2.16. The number of hydrogen-bond acceptors (Lipinski definition) is 5. The fourth-order valence-electron chi connectivity index (χ4n) is 3.77. The van der Waals surface area contributed by atoms with Crippen LogP contribution in [-0.4, -0.2) is 19.5 Å². The summed E-state index contributed by atoms with van der Waals surface area (Å²) in [5, 5.41) is 0.303. The zero-order chi connectivity index (χ0) is 25.3. The summed E-state index contributed by atoms with van der Waals surface area (Å²) < 4.78 is 7.36. The van der Waals surface area contributed by atoms with Gasteiger partial charge >= 0.3 is 0 Å². The van der Waals surface area contributed by atoms with Crippen LogP contribution >= 0.6 is 23.2 Å². The number of ether oxygens (including phenoxy) is 1. The normalized spacial score (nSPS) is 11.2. The van der Waals surface area contributed by atoms with Crippen molar-refractivity contribution < 1.29 is 4.74 Å². The molecule has 35 heavy (non-hydrogen) atoms. The van der Waals surface area contributed by atoms with E-state index in [0.29, 0.717) is 40.1 Å². The first-order chi connectivity index (χ1) is 16.7. The molecule has 0 saturated carbocycles. The molecular formula is C27H26Cl2N4O2. The molecule has 180 valence electrons. The SMILES string of the molecule is Cc1cccc(COc2cc(C)n(-c3cc(-c4nc(C(C)C)ncc4C)ncc3Cl)c(=O)c2Cl)c1. The maximum atomic E-state index is 13.3. The molecule has 1 aromatic carbocycles. The van der Waals surface area contributed by atoms with Crippen molar-refractivity contribution in [1.82, 2.24) is 19.5 Å². The van der Waals surface area contributed by atoms with E-state index in [2.05, 4.69) is 9.97 Å². The van der Waals surface area contributed by atoms with E-state index in [0.717, 1.165) is 22.5 Å². The molecule has 0 aliphatic heterocycles. The molecule has 0 atom stereocenters. The molecule has 0 saturated heterocycles. The monoisotopic (exact) mass is 508 g/mol. The highest BCUT2D eigenvalue weighted by molar-refractivity contribution is 6.33. The smallest absolute Gasteiger partial charge is 0.277 e. The second-order valence-corrected chi connectivity index (χ2v) is 9.60. The van der Waals surface area contributed by atoms with Crippen molar-refractivity contribution in [2.24, 2.45) is 0 Å². The van der Waals surface area contributed by atoms with Crippen molar-refractivity contribution in [2.75, 3.05) is 0 Å². The fraction of sp³-hybridized carbons (Fsp3) is 0.259. The molecular weight excluding hydrogens is 483 g/mol. The Morgan fingerprint density at radius 3 is 2.51 bits per heavy atom. The molecule has 0 unspecified atom stereocenters. The van der Waals surface area contributed by atoms with Crippen molar-refractivity contribution in [3.8, 4) is 22.8 Å². The minimum Gasteiger partial charge on any atom is -0.487 e. The number of halogens is 2. The van der Waals surface area contributed by atoms with Gasteiger partial charge in [-0.1, -0.05) is 66.9 Å². The zero-order valence-electron chi connectivity index (χ0n) is 20.3. The Morgan fingerprint density at radius 1 is 1.03 bits per heavy atom. The summed E-state index contributed by atoms with van der Waals surface area (Å²) in [7, 11) is 0. The summed E-state index contributed by atoms with van der Waals surface area (Å²) in [5.74, 6) is 1.21. The number of aryl methyl sites for hydroxylation is 3. The van der Waals surface area contributed by atoms with E-state index < -0.39 is 5.56 Å². The third-order valence-corrected chi connectivity index (χ3v) is 6.24. The molecule has 6 nitrogen and oxygen atoms in total. The van der Waals surface area contributed by atoms with Crippen LogP contribution in [0.15, 0.2) is 53.6 Å². The van der Waals surface area contributed by atoms with E-state index in [9.17, 15) is 4.79 Å². The van der Waals surface area contributed by atoms with Crippen LogP contribution in [0.2, 0.25) is 10.0 Å². The summed E-state index contributed by atoms with van der Waals surface area (Å²) in [5.41, 5.74) is 4.95. The molecule has 0 aliphatic carbocycles. The molecule has 3 heterocycles. The predicted molar refractivity (Wildman–Crippen MR) is 140 cm³/mol. The molecule has 0 amide bonds. The van der Waals surface area contributed by atoms with Gasteiger partial charge in [-0.2, -0.15) is 0 Å². The van der Waals surface area contributed by atoms with Crippen LogP contribution in [-0.2, 0) is 6.61 Å². The van der Waals surface area contributed by atoms with Gasteiger partial charge in [0, 0.05) is 30.1 Å². The number of rotatable bonds is 6. The van der Waals surface area contributed by atoms with Gasteiger partial charge in [-0.25, -0.2) is 9.97 Å². The third kappa shape index (κ3) is 5.24. The molecule has 0 aliphatic rings. The number of hydrogen-bond donors (Lipinski definition) is 0. The van der Waals surface area contributed by atoms with Gasteiger partial charge in [-0.3, -0.25) is 14.3 Å². The second kappa shape index (κ2) is 10.2. The van der Waals surface area contributed by atoms with Gasteiger partial charge in [0.2, 0.25) is 0 Å². The van der Waals surface area contributed by atoms with Crippen LogP contribution in [0.3, 0.4) is 0 Å². The lowest BCUT2D eigenvalue weighted by molar-refractivity contribution is 0.305. The van der Waals surface area contributed by atoms with E-state index in [1.165, 1.54) is 10.8 Å². The molecule has 4 rings (SSSR count). The first-order valence-electron chi connectivity index (χ1n) is 11.3. The summed E-state index contributed by atoms with van der Waals surface area (Å²) >= 11 is 13.0. The van der Waals surface area contributed by atoms with Crippen LogP contribution in [0, 0.1) is 20.8 Å². The van der Waals surface area contributed by atoms with Crippen molar-refractivity contribution >= 4 is 23.2 Å². The van der Waals surface area contributed by atoms with E-state index in [1.54, 1.807) is 25.3 Å². The van der Waals surface area contributed by atoms with Crippen molar-refractivity contribution in [3.05, 3.63) is 97.4 Å². The largest absolute Gasteiger partial charge is 0.487 e. The average Bonchev–Trinajstić information content (AvgIpc) is 2.82. The van der Waals surface area contributed by atoms with Gasteiger partial charge in [0.15, 0.2) is 0 Å². The van der Waals surface area contributed by atoms with E-state index in [-0.39, 0.29) is 10.9 Å². The summed E-state index contributed by atoms with van der Waals surface area (Å²) in [6, 6.07) is 11.5. The van der Waals surface area contributed by atoms with Gasteiger partial charge in [0.05, 0.1) is 22.1 Å². The Hall–Kier alpha value is -3.22. The molecule has 0 spiro atoms. The Morgan fingerprint density at radius 2 is 1.80 bits per heavy atom. The number of aromatic nitrogens is 4. The van der Waals surface area contributed by atoms with E-state index >= 15 is 0 Å². The lowest BCUT2D eigenvalue weighted by Crippen LogP contribution is -2.22. The second-order valence-electron chi connectivity index (χ2n) is 8.82. The minimum absolute atomic E-state index is 0.0157. The van der Waals surface area contributed by atoms with Crippen LogP contribution in [0.4, 0.5) is 0 Å². The van der Waals surface area contributed by atoms with E-state index in [1.807, 2.05) is 52.0 Å². The first-order valence-corrected chi connectivity index (χ1v) is 12.0. The van der Waals surface area contributed by atoms with Crippen LogP contribution in [0.25, 0.3) is 17.1 Å². The topological polar surface area (TPSA) is 69.9 Å². The minimum atomic E-state index is -0.424. The van der Waals surface area contributed by atoms with Crippen molar-refractivity contribution in [1.29, 1.82) is 0 Å². The Kier molecular flexibility index (Phi) is 7.24. The number of nitrogens with zero attached hydrogens (tertiary/aromatic N) is 4. The number of benzene rings is 1. The van der Waals surface area contributed by atoms with Crippen molar-refractivity contribution in [2.45, 2.75) is 47.1 Å². The molecule has 0 bridgehead atoms. The highest BCUT2D eigenvalue weighted by Gasteiger charge is 2.18. The van der Waals surface area contributed by atoms with Gasteiger partial charge in [0.1, 0.15) is 23.2 Å². The van der Waals surface area contributed by atoms with Crippen LogP contribution < -0.4 is 10.3 Å². The van der Waals surface area contributed by atoms with E-state index in [4.69, 9.17) is 32.9 Å². The van der Waals surface area contributed by atoms with Gasteiger partial charge in [0.25, 0.3) is 5.56 Å². The standard InChI is InChI=1S/C27H26Cl2N4O2/c1-15(2)26-31-12-17(4)25(32-26)21-11-22(20(28)13-30-21)33-18(5)10-23(24(29)27(33)34)35-14-19-8-6-7-16(3)9-19/h6-13,15H,14H2,1-5H3. The van der Waals surface area contributed by atoms with Crippen LogP contribution in [0.1, 0.15) is 48.0 Å². The number of pyridine rings is 2. The summed E-state index contributed by atoms with van der Waals surface area (Å²) in [6.45, 7) is 10.1. The van der Waals surface area contributed by atoms with Gasteiger partial charge < -0.3 is 4.74 Å². The lowest BCUT2D eigenvalue weighted by atomic mass is 10.1. The zero-order valence-corrected chi connectivity index (χ0v) is 21.8. The molecule has 4 aromatic rings. The Labute approximate surface area is 214 Å². The fourth-order valence-corrected chi connectivity index (χ4v) is 4.15. The maximum Gasteiger partial charge on any atom is 0.277 e. The summed E-state index contributed by atoms with van der Waals surface area (Å²) in [6.07, 6.45) is 3.30.